The molecule has 1 aliphatic rings. The first kappa shape index (κ1) is 16.4. The number of fused-ring (bicyclic) bond motifs is 1. The average molecular weight is 351 g/mol. The summed E-state index contributed by atoms with van der Waals surface area (Å²) in [4.78, 5) is 28.6. The zero-order valence-electron chi connectivity index (χ0n) is 14.3. The lowest BCUT2D eigenvalue weighted by molar-refractivity contribution is 0.0915. The van der Waals surface area contributed by atoms with Crippen molar-refractivity contribution in [3.8, 4) is 0 Å². The second-order valence-electron chi connectivity index (χ2n) is 6.82. The van der Waals surface area contributed by atoms with Gasteiger partial charge in [-0.05, 0) is 37.0 Å². The number of para-hydroxylation sites is 2. The van der Waals surface area contributed by atoms with Crippen LogP contribution < -0.4 is 5.69 Å². The van der Waals surface area contributed by atoms with Crippen LogP contribution in [0.25, 0.3) is 11.0 Å². The maximum Gasteiger partial charge on any atom is 0.407 e. The summed E-state index contributed by atoms with van der Waals surface area (Å²) in [7, 11) is 0. The van der Waals surface area contributed by atoms with Gasteiger partial charge in [0, 0.05) is 18.6 Å². The molecule has 4 rings (SSSR count). The number of amides is 1. The summed E-state index contributed by atoms with van der Waals surface area (Å²) in [6.45, 7) is 0.434. The summed E-state index contributed by atoms with van der Waals surface area (Å²) in [5.41, 5.74) is 2.68. The van der Waals surface area contributed by atoms with Crippen molar-refractivity contribution < 1.29 is 9.90 Å². The Bertz CT molecular complexity index is 977. The zero-order valence-corrected chi connectivity index (χ0v) is 14.3. The molecule has 3 aromatic rings. The lowest BCUT2D eigenvalue weighted by atomic mass is 9.92. The monoisotopic (exact) mass is 351 g/mol. The Hall–Kier alpha value is -3.02. The highest BCUT2D eigenvalue weighted by atomic mass is 16.4. The van der Waals surface area contributed by atoms with Gasteiger partial charge in [-0.25, -0.2) is 9.59 Å². The molecule has 134 valence electrons. The summed E-state index contributed by atoms with van der Waals surface area (Å²) in [5, 5.41) is 9.58. The van der Waals surface area contributed by atoms with Crippen LogP contribution in [-0.2, 0) is 6.42 Å². The number of aromatic nitrogens is 2. The normalized spacial score (nSPS) is 20.4. The third kappa shape index (κ3) is 2.98. The number of benzene rings is 2. The van der Waals surface area contributed by atoms with Gasteiger partial charge in [0.25, 0.3) is 0 Å². The Labute approximate surface area is 150 Å². The average Bonchev–Trinajstić information content (AvgIpc) is 2.98. The van der Waals surface area contributed by atoms with Crippen LogP contribution in [0, 0.1) is 0 Å². The Morgan fingerprint density at radius 2 is 1.85 bits per heavy atom. The lowest BCUT2D eigenvalue weighted by Crippen LogP contribution is -2.47. The molecule has 0 bridgehead atoms. The molecular weight excluding hydrogens is 330 g/mol. The number of nitrogens with one attached hydrogen (secondary N) is 1. The minimum Gasteiger partial charge on any atom is -0.465 e. The molecule has 26 heavy (non-hydrogen) atoms. The van der Waals surface area contributed by atoms with E-state index < -0.39 is 6.09 Å². The first-order chi connectivity index (χ1) is 12.6. The molecule has 2 atom stereocenters. The molecule has 1 fully saturated rings. The van der Waals surface area contributed by atoms with E-state index in [9.17, 15) is 14.7 Å². The summed E-state index contributed by atoms with van der Waals surface area (Å²) in [6.07, 6.45) is 1.03. The number of aromatic amines is 1. The third-order valence-corrected chi connectivity index (χ3v) is 5.24. The molecule has 2 aromatic carbocycles. The summed E-state index contributed by atoms with van der Waals surface area (Å²) < 4.78 is 1.80. The van der Waals surface area contributed by atoms with Crippen LogP contribution in [0.15, 0.2) is 59.4 Å². The molecule has 1 aromatic heterocycles. The number of nitrogens with zero attached hydrogens (tertiary/aromatic N) is 2. The van der Waals surface area contributed by atoms with Gasteiger partial charge in [-0.3, -0.25) is 4.57 Å². The maximum absolute atomic E-state index is 12.5. The number of H-pyrrole nitrogens is 1. The van der Waals surface area contributed by atoms with Crippen LogP contribution in [0.5, 0.6) is 0 Å². The van der Waals surface area contributed by atoms with Gasteiger partial charge in [-0.1, -0.05) is 42.5 Å². The quantitative estimate of drug-likeness (QED) is 0.760. The Morgan fingerprint density at radius 3 is 2.62 bits per heavy atom. The molecule has 0 aliphatic carbocycles. The summed E-state index contributed by atoms with van der Waals surface area (Å²) in [6, 6.07) is 17.4. The first-order valence-corrected chi connectivity index (χ1v) is 8.86. The number of likely N-dealkylation sites (tertiary alicyclic amines) is 1. The standard InChI is InChI=1S/C20H21N3O3/c24-19-21-17-8-4-5-9-18(17)23(19)15-10-11-22(20(25)26)16(13-15)12-14-6-2-1-3-7-14/h1-9,15-16H,10-13H2,(H,21,24)(H,25,26). The minimum atomic E-state index is -0.893. The van der Waals surface area contributed by atoms with Crippen molar-refractivity contribution in [2.24, 2.45) is 0 Å². The molecule has 1 amide bonds. The fraction of sp³-hybridized carbons (Fsp3) is 0.300. The highest BCUT2D eigenvalue weighted by molar-refractivity contribution is 5.75. The number of hydrogen-bond donors (Lipinski definition) is 2. The topological polar surface area (TPSA) is 78.3 Å². The van der Waals surface area contributed by atoms with E-state index in [2.05, 4.69) is 4.98 Å². The Balaban J connectivity index is 1.66. The van der Waals surface area contributed by atoms with Crippen molar-refractivity contribution in [2.45, 2.75) is 31.3 Å². The molecule has 1 saturated heterocycles. The van der Waals surface area contributed by atoms with Gasteiger partial charge in [0.2, 0.25) is 0 Å². The number of rotatable bonds is 3. The van der Waals surface area contributed by atoms with E-state index >= 15 is 0 Å². The van der Waals surface area contributed by atoms with Gasteiger partial charge in [0.15, 0.2) is 0 Å². The van der Waals surface area contributed by atoms with Crippen LogP contribution in [0.4, 0.5) is 4.79 Å². The minimum absolute atomic E-state index is 0.0111. The van der Waals surface area contributed by atoms with E-state index in [1.165, 1.54) is 4.90 Å². The summed E-state index contributed by atoms with van der Waals surface area (Å²) >= 11 is 0. The second-order valence-corrected chi connectivity index (χ2v) is 6.82. The van der Waals surface area contributed by atoms with Crippen LogP contribution >= 0.6 is 0 Å². The van der Waals surface area contributed by atoms with E-state index in [-0.39, 0.29) is 17.8 Å². The van der Waals surface area contributed by atoms with Crippen LogP contribution in [0.2, 0.25) is 0 Å². The number of carbonyl (C=O) groups is 1. The molecule has 1 aliphatic heterocycles. The van der Waals surface area contributed by atoms with Crippen molar-refractivity contribution in [1.82, 2.24) is 14.5 Å². The van der Waals surface area contributed by atoms with E-state index in [0.717, 1.165) is 16.6 Å². The van der Waals surface area contributed by atoms with Gasteiger partial charge >= 0.3 is 11.8 Å². The first-order valence-electron chi connectivity index (χ1n) is 8.86. The maximum atomic E-state index is 12.5. The summed E-state index contributed by atoms with van der Waals surface area (Å²) in [5.74, 6) is 0. The molecule has 2 heterocycles. The van der Waals surface area contributed by atoms with Gasteiger partial charge in [0.1, 0.15) is 0 Å². The van der Waals surface area contributed by atoms with E-state index in [4.69, 9.17) is 0 Å². The van der Waals surface area contributed by atoms with Crippen molar-refractivity contribution in [2.75, 3.05) is 6.54 Å². The van der Waals surface area contributed by atoms with Crippen LogP contribution in [-0.4, -0.2) is 38.2 Å². The number of hydrogen-bond acceptors (Lipinski definition) is 2. The van der Waals surface area contributed by atoms with Crippen molar-refractivity contribution in [1.29, 1.82) is 0 Å². The fourth-order valence-electron chi connectivity index (χ4n) is 4.03. The number of imidazole rings is 1. The molecular formula is C20H21N3O3. The molecule has 0 saturated carbocycles. The molecule has 0 spiro atoms. The molecule has 6 heteroatoms. The smallest absolute Gasteiger partial charge is 0.407 e. The zero-order chi connectivity index (χ0) is 18.1. The van der Waals surface area contributed by atoms with Crippen LogP contribution in [0.1, 0.15) is 24.4 Å². The van der Waals surface area contributed by atoms with Crippen molar-refractivity contribution in [3.05, 3.63) is 70.6 Å². The van der Waals surface area contributed by atoms with Gasteiger partial charge < -0.3 is 15.0 Å². The second kappa shape index (κ2) is 6.71. The van der Waals surface area contributed by atoms with Gasteiger partial charge in [0.05, 0.1) is 11.0 Å². The van der Waals surface area contributed by atoms with Crippen molar-refractivity contribution >= 4 is 17.1 Å². The number of piperidine rings is 1. The molecule has 2 N–H and O–H groups in total. The van der Waals surface area contributed by atoms with Crippen molar-refractivity contribution in [3.63, 3.8) is 0 Å². The van der Waals surface area contributed by atoms with E-state index in [1.54, 1.807) is 4.57 Å². The largest absolute Gasteiger partial charge is 0.465 e. The van der Waals surface area contributed by atoms with E-state index in [1.807, 2.05) is 54.6 Å². The Morgan fingerprint density at radius 1 is 1.12 bits per heavy atom. The fourth-order valence-corrected chi connectivity index (χ4v) is 4.03. The predicted octanol–water partition coefficient (Wildman–Crippen LogP) is 3.26. The van der Waals surface area contributed by atoms with Gasteiger partial charge in [-0.15, -0.1) is 0 Å². The highest BCUT2D eigenvalue weighted by Gasteiger charge is 2.33. The molecule has 0 radical (unpaired) electrons. The van der Waals surface area contributed by atoms with Crippen LogP contribution in [0.3, 0.4) is 0 Å². The number of carboxylic acid groups (broad SMARTS) is 1. The predicted molar refractivity (Wildman–Crippen MR) is 99.5 cm³/mol. The Kier molecular flexibility index (Phi) is 4.24. The SMILES string of the molecule is O=C(O)N1CCC(n2c(=O)[nH]c3ccccc32)CC1Cc1ccccc1. The lowest BCUT2D eigenvalue weighted by Gasteiger charge is -2.38. The van der Waals surface area contributed by atoms with E-state index in [0.29, 0.717) is 25.8 Å². The molecule has 6 nitrogen and oxygen atoms in total. The van der Waals surface area contributed by atoms with Gasteiger partial charge in [-0.2, -0.15) is 0 Å². The highest BCUT2D eigenvalue weighted by Crippen LogP contribution is 2.30. The molecule has 2 unspecified atom stereocenters. The third-order valence-electron chi connectivity index (χ3n) is 5.24.